The number of esters is 1. The van der Waals surface area contributed by atoms with Crippen molar-refractivity contribution in [3.05, 3.63) is 35.9 Å². The van der Waals surface area contributed by atoms with E-state index in [1.807, 2.05) is 0 Å². The molecular weight excluding hydrogens is 399 g/mol. The Morgan fingerprint density at radius 3 is 2.07 bits per heavy atom. The molecule has 10 heteroatoms. The van der Waals surface area contributed by atoms with Gasteiger partial charge in [-0.3, -0.25) is 0 Å². The Morgan fingerprint density at radius 1 is 1.07 bits per heavy atom. The average Bonchev–Trinajstić information content (AvgIpc) is 2.52. The first kappa shape index (κ1) is 22.2. The van der Waals surface area contributed by atoms with Gasteiger partial charge in [0.2, 0.25) is 10.0 Å². The number of carbonyl (C=O) groups excluding carboxylic acids is 1. The number of rotatable bonds is 4. The molecule has 0 aromatic heterocycles. The Labute approximate surface area is 162 Å². The zero-order chi connectivity index (χ0) is 21.2. The van der Waals surface area contributed by atoms with Gasteiger partial charge in [-0.15, -0.1) is 13.2 Å². The van der Waals surface area contributed by atoms with Crippen molar-refractivity contribution in [2.24, 2.45) is 0 Å². The van der Waals surface area contributed by atoms with Gasteiger partial charge in [0.25, 0.3) is 0 Å². The van der Waals surface area contributed by atoms with Crippen molar-refractivity contribution in [1.29, 1.82) is 0 Å². The molecule has 1 aliphatic heterocycles. The number of hydrogen-bond donors (Lipinski definition) is 0. The van der Waals surface area contributed by atoms with Gasteiger partial charge in [-0.05, 0) is 57.9 Å². The number of nitrogens with zero attached hydrogens (tertiary/aromatic N) is 1. The van der Waals surface area contributed by atoms with Crippen LogP contribution in [-0.4, -0.2) is 43.7 Å². The Morgan fingerprint density at radius 2 is 1.61 bits per heavy atom. The Balaban J connectivity index is 2.02. The number of benzene rings is 1. The minimum atomic E-state index is -4.84. The Kier molecular flexibility index (Phi) is 6.44. The van der Waals surface area contributed by atoms with Crippen LogP contribution in [0.25, 0.3) is 0 Å². The van der Waals surface area contributed by atoms with Crippen LogP contribution in [0, 0.1) is 0 Å². The average molecular weight is 421 g/mol. The van der Waals surface area contributed by atoms with Crippen molar-refractivity contribution < 1.29 is 35.9 Å². The molecule has 1 heterocycles. The van der Waals surface area contributed by atoms with E-state index in [9.17, 15) is 26.4 Å². The van der Waals surface area contributed by atoms with Crippen LogP contribution in [0.15, 0.2) is 40.8 Å². The fraction of sp³-hybridized carbons (Fsp3) is 0.500. The van der Waals surface area contributed by atoms with Crippen LogP contribution in [0.4, 0.5) is 13.2 Å². The second-order valence-electron chi connectivity index (χ2n) is 7.26. The molecule has 0 unspecified atom stereocenters. The summed E-state index contributed by atoms with van der Waals surface area (Å²) in [6, 6.07) is 4.06. The smallest absolute Gasteiger partial charge is 0.457 e. The van der Waals surface area contributed by atoms with E-state index in [0.29, 0.717) is 12.8 Å². The molecule has 0 atom stereocenters. The molecule has 0 amide bonds. The van der Waals surface area contributed by atoms with Crippen molar-refractivity contribution in [1.82, 2.24) is 4.31 Å². The summed E-state index contributed by atoms with van der Waals surface area (Å²) in [5, 5.41) is 0. The molecule has 1 aromatic carbocycles. The fourth-order valence-electron chi connectivity index (χ4n) is 2.62. The van der Waals surface area contributed by atoms with E-state index in [2.05, 4.69) is 4.74 Å². The highest BCUT2D eigenvalue weighted by molar-refractivity contribution is 7.89. The number of sulfonamides is 1. The Hall–Kier alpha value is -2.07. The van der Waals surface area contributed by atoms with E-state index in [-0.39, 0.29) is 18.0 Å². The Bertz CT molecular complexity index is 829. The van der Waals surface area contributed by atoms with Gasteiger partial charge in [-0.25, -0.2) is 13.2 Å². The molecule has 28 heavy (non-hydrogen) atoms. The molecule has 0 aliphatic carbocycles. The summed E-state index contributed by atoms with van der Waals surface area (Å²) in [4.78, 5) is 11.7. The molecule has 6 nitrogen and oxygen atoms in total. The molecule has 0 saturated carbocycles. The monoisotopic (exact) mass is 421 g/mol. The maximum absolute atomic E-state index is 12.7. The summed E-state index contributed by atoms with van der Waals surface area (Å²) in [6.45, 7) is 5.59. The summed E-state index contributed by atoms with van der Waals surface area (Å²) >= 11 is 0. The number of halogens is 3. The van der Waals surface area contributed by atoms with Crippen molar-refractivity contribution in [3.8, 4) is 5.75 Å². The standard InChI is InChI=1S/C18H22F3NO5S/c1-17(2,3)27-16(23)12-13-8-10-22(11-9-13)28(24,25)15-6-4-14(5-7-15)26-18(19,20)21/h4-7,12H,8-11H2,1-3H3. The molecule has 0 radical (unpaired) electrons. The minimum Gasteiger partial charge on any atom is -0.457 e. The van der Waals surface area contributed by atoms with Crippen LogP contribution in [0.5, 0.6) is 5.75 Å². The van der Waals surface area contributed by atoms with Crippen LogP contribution in [-0.2, 0) is 19.6 Å². The molecule has 1 saturated heterocycles. The van der Waals surface area contributed by atoms with E-state index in [1.165, 1.54) is 10.4 Å². The predicted octanol–water partition coefficient (Wildman–Crippen LogP) is 3.64. The van der Waals surface area contributed by atoms with Gasteiger partial charge in [-0.1, -0.05) is 5.57 Å². The molecule has 0 N–H and O–H groups in total. The van der Waals surface area contributed by atoms with Gasteiger partial charge in [0, 0.05) is 19.2 Å². The van der Waals surface area contributed by atoms with Crippen molar-refractivity contribution in [3.63, 3.8) is 0 Å². The zero-order valence-corrected chi connectivity index (χ0v) is 16.6. The van der Waals surface area contributed by atoms with E-state index in [0.717, 1.165) is 29.8 Å². The first-order chi connectivity index (χ1) is 12.8. The van der Waals surface area contributed by atoms with Gasteiger partial charge in [0.1, 0.15) is 11.4 Å². The van der Waals surface area contributed by atoms with Crippen LogP contribution < -0.4 is 4.74 Å². The molecule has 0 spiro atoms. The lowest BCUT2D eigenvalue weighted by molar-refractivity contribution is -0.274. The molecule has 1 aromatic rings. The third kappa shape index (κ3) is 6.52. The molecule has 2 rings (SSSR count). The third-order valence-electron chi connectivity index (χ3n) is 3.79. The van der Waals surface area contributed by atoms with Crippen LogP contribution in [0.1, 0.15) is 33.6 Å². The number of ether oxygens (including phenoxy) is 2. The van der Waals surface area contributed by atoms with Gasteiger partial charge < -0.3 is 9.47 Å². The van der Waals surface area contributed by atoms with E-state index < -0.39 is 33.7 Å². The highest BCUT2D eigenvalue weighted by Crippen LogP contribution is 2.27. The predicted molar refractivity (Wildman–Crippen MR) is 95.0 cm³/mol. The number of piperidine rings is 1. The topological polar surface area (TPSA) is 72.9 Å². The van der Waals surface area contributed by atoms with Crippen LogP contribution >= 0.6 is 0 Å². The normalized spacial score (nSPS) is 16.6. The van der Waals surface area contributed by atoms with Crippen molar-refractivity contribution in [2.45, 2.75) is 50.5 Å². The van der Waals surface area contributed by atoms with Crippen LogP contribution in [0.3, 0.4) is 0 Å². The SMILES string of the molecule is CC(C)(C)OC(=O)C=C1CCN(S(=O)(=O)c2ccc(OC(F)(F)F)cc2)CC1. The number of hydrogen-bond acceptors (Lipinski definition) is 5. The summed E-state index contributed by atoms with van der Waals surface area (Å²) in [7, 11) is -3.85. The quantitative estimate of drug-likeness (QED) is 0.548. The summed E-state index contributed by atoms with van der Waals surface area (Å²) in [5.74, 6) is -0.966. The lowest BCUT2D eigenvalue weighted by Gasteiger charge is -2.28. The summed E-state index contributed by atoms with van der Waals surface area (Å²) in [5.41, 5.74) is 0.176. The fourth-order valence-corrected chi connectivity index (χ4v) is 4.06. The molecule has 1 fully saturated rings. The van der Waals surface area contributed by atoms with Gasteiger partial charge in [0.15, 0.2) is 0 Å². The van der Waals surface area contributed by atoms with E-state index >= 15 is 0 Å². The van der Waals surface area contributed by atoms with E-state index in [1.54, 1.807) is 20.8 Å². The van der Waals surface area contributed by atoms with Crippen molar-refractivity contribution in [2.75, 3.05) is 13.1 Å². The highest BCUT2D eigenvalue weighted by Gasteiger charge is 2.32. The molecule has 156 valence electrons. The van der Waals surface area contributed by atoms with Gasteiger partial charge in [-0.2, -0.15) is 4.31 Å². The van der Waals surface area contributed by atoms with E-state index in [4.69, 9.17) is 4.74 Å². The van der Waals surface area contributed by atoms with Gasteiger partial charge in [0.05, 0.1) is 4.90 Å². The molecule has 1 aliphatic rings. The maximum Gasteiger partial charge on any atom is 0.573 e. The maximum atomic E-state index is 12.7. The van der Waals surface area contributed by atoms with Crippen LogP contribution in [0.2, 0.25) is 0 Å². The number of alkyl halides is 3. The lowest BCUT2D eigenvalue weighted by atomic mass is 10.1. The third-order valence-corrected chi connectivity index (χ3v) is 5.70. The molecule has 0 bridgehead atoms. The number of carbonyl (C=O) groups is 1. The second-order valence-corrected chi connectivity index (χ2v) is 9.20. The summed E-state index contributed by atoms with van der Waals surface area (Å²) in [6.07, 6.45) is -2.72. The first-order valence-corrected chi connectivity index (χ1v) is 9.99. The van der Waals surface area contributed by atoms with Gasteiger partial charge >= 0.3 is 12.3 Å². The summed E-state index contributed by atoms with van der Waals surface area (Å²) < 4.78 is 72.1. The highest BCUT2D eigenvalue weighted by atomic mass is 32.2. The largest absolute Gasteiger partial charge is 0.573 e. The first-order valence-electron chi connectivity index (χ1n) is 8.55. The lowest BCUT2D eigenvalue weighted by Crippen LogP contribution is -2.36. The zero-order valence-electron chi connectivity index (χ0n) is 15.7. The minimum absolute atomic E-state index is 0.124. The second kappa shape index (κ2) is 8.12. The molecular formula is C18H22F3NO5S. The van der Waals surface area contributed by atoms with Crippen molar-refractivity contribution >= 4 is 16.0 Å².